The fraction of sp³-hybridized carbons (Fsp3) is 0.400. The summed E-state index contributed by atoms with van der Waals surface area (Å²) < 4.78 is 11.2. The first-order valence-corrected chi connectivity index (χ1v) is 9.15. The van der Waals surface area contributed by atoms with Gasteiger partial charge in [-0.05, 0) is 23.8 Å². The van der Waals surface area contributed by atoms with Crippen molar-refractivity contribution in [3.8, 4) is 5.75 Å². The third-order valence-corrected chi connectivity index (χ3v) is 4.68. The maximum absolute atomic E-state index is 6.14. The van der Waals surface area contributed by atoms with E-state index in [1.165, 1.54) is 5.56 Å². The fourth-order valence-electron chi connectivity index (χ4n) is 2.77. The highest BCUT2D eigenvalue weighted by molar-refractivity contribution is 6.31. The number of hydrogen-bond acceptors (Lipinski definition) is 4. The van der Waals surface area contributed by atoms with Crippen molar-refractivity contribution in [2.45, 2.75) is 13.2 Å². The van der Waals surface area contributed by atoms with Gasteiger partial charge in [0.2, 0.25) is 0 Å². The second-order valence-corrected chi connectivity index (χ2v) is 6.56. The molecule has 1 heterocycles. The summed E-state index contributed by atoms with van der Waals surface area (Å²) >= 11 is 6.14. The molecule has 0 bridgehead atoms. The van der Waals surface area contributed by atoms with Crippen LogP contribution in [0.2, 0.25) is 5.02 Å². The lowest BCUT2D eigenvalue weighted by molar-refractivity contribution is 0.0384. The van der Waals surface area contributed by atoms with Crippen molar-refractivity contribution in [3.05, 3.63) is 64.7 Å². The van der Waals surface area contributed by atoms with Gasteiger partial charge in [-0.2, -0.15) is 0 Å². The van der Waals surface area contributed by atoms with Crippen molar-refractivity contribution in [2.24, 2.45) is 0 Å². The van der Waals surface area contributed by atoms with Crippen LogP contribution in [0.5, 0.6) is 5.75 Å². The zero-order valence-corrected chi connectivity index (χ0v) is 17.6. The minimum Gasteiger partial charge on any atom is -0.489 e. The molecule has 3 rings (SSSR count). The highest BCUT2D eigenvalue weighted by Crippen LogP contribution is 2.19. The predicted octanol–water partition coefficient (Wildman–Crippen LogP) is 4.18. The van der Waals surface area contributed by atoms with Crippen LogP contribution in [0.15, 0.2) is 48.5 Å². The molecule has 0 amide bonds. The molecule has 0 unspecified atom stereocenters. The Morgan fingerprint density at radius 2 is 1.70 bits per heavy atom. The number of rotatable bonds is 8. The van der Waals surface area contributed by atoms with Crippen molar-refractivity contribution in [1.29, 1.82) is 0 Å². The van der Waals surface area contributed by atoms with E-state index >= 15 is 0 Å². The summed E-state index contributed by atoms with van der Waals surface area (Å²) in [6, 6.07) is 16.0. The van der Waals surface area contributed by atoms with Crippen molar-refractivity contribution in [3.63, 3.8) is 0 Å². The van der Waals surface area contributed by atoms with Crippen LogP contribution in [0.25, 0.3) is 0 Å². The Morgan fingerprint density at radius 1 is 1.00 bits per heavy atom. The summed E-state index contributed by atoms with van der Waals surface area (Å²) in [4.78, 5) is 2.43. The molecular formula is C20H27Cl3N2O2. The molecular weight excluding hydrogens is 407 g/mol. The monoisotopic (exact) mass is 432 g/mol. The molecule has 2 aromatic carbocycles. The molecule has 150 valence electrons. The first-order chi connectivity index (χ1) is 12.3. The lowest BCUT2D eigenvalue weighted by atomic mass is 10.2. The van der Waals surface area contributed by atoms with Gasteiger partial charge in [-0.3, -0.25) is 4.90 Å². The van der Waals surface area contributed by atoms with Gasteiger partial charge in [0, 0.05) is 43.3 Å². The molecule has 0 aromatic heterocycles. The van der Waals surface area contributed by atoms with E-state index in [1.54, 1.807) is 0 Å². The number of benzene rings is 2. The lowest BCUT2D eigenvalue weighted by Crippen LogP contribution is -2.40. The standard InChI is InChI=1S/C20H25ClN2O2.2ClH/c21-20-4-2-1-3-18(20)16-25-19-7-5-17(6-8-19)15-22-9-10-23-11-13-24-14-12-23;;/h1-8,22H,9-16H2;2*1H. The van der Waals surface area contributed by atoms with Crippen LogP contribution in [0.1, 0.15) is 11.1 Å². The molecule has 0 spiro atoms. The number of halogens is 3. The first-order valence-electron chi connectivity index (χ1n) is 8.77. The van der Waals surface area contributed by atoms with Gasteiger partial charge >= 0.3 is 0 Å². The van der Waals surface area contributed by atoms with E-state index in [-0.39, 0.29) is 24.8 Å². The molecule has 0 aliphatic carbocycles. The molecule has 1 fully saturated rings. The smallest absolute Gasteiger partial charge is 0.119 e. The normalized spacial score (nSPS) is 14.1. The second kappa shape index (κ2) is 13.2. The molecule has 0 atom stereocenters. The van der Waals surface area contributed by atoms with Crippen molar-refractivity contribution < 1.29 is 9.47 Å². The zero-order valence-electron chi connectivity index (χ0n) is 15.2. The lowest BCUT2D eigenvalue weighted by Gasteiger charge is -2.26. The van der Waals surface area contributed by atoms with Crippen LogP contribution < -0.4 is 10.1 Å². The van der Waals surface area contributed by atoms with Crippen LogP contribution in [0, 0.1) is 0 Å². The number of nitrogens with one attached hydrogen (secondary N) is 1. The van der Waals surface area contributed by atoms with Crippen LogP contribution in [0.4, 0.5) is 0 Å². The van der Waals surface area contributed by atoms with Crippen LogP contribution in [0.3, 0.4) is 0 Å². The quantitative estimate of drug-likeness (QED) is 0.633. The maximum Gasteiger partial charge on any atom is 0.119 e. The van der Waals surface area contributed by atoms with Crippen LogP contribution >= 0.6 is 36.4 Å². The third kappa shape index (κ3) is 8.26. The highest BCUT2D eigenvalue weighted by Gasteiger charge is 2.08. The van der Waals surface area contributed by atoms with Gasteiger partial charge in [0.1, 0.15) is 12.4 Å². The van der Waals surface area contributed by atoms with Gasteiger partial charge in [0.15, 0.2) is 0 Å². The van der Waals surface area contributed by atoms with E-state index in [0.29, 0.717) is 6.61 Å². The Morgan fingerprint density at radius 3 is 2.41 bits per heavy atom. The summed E-state index contributed by atoms with van der Waals surface area (Å²) in [7, 11) is 0. The minimum absolute atomic E-state index is 0. The molecule has 1 N–H and O–H groups in total. The van der Waals surface area contributed by atoms with E-state index in [0.717, 1.165) is 62.3 Å². The van der Waals surface area contributed by atoms with Gasteiger partial charge < -0.3 is 14.8 Å². The predicted molar refractivity (Wildman–Crippen MR) is 116 cm³/mol. The summed E-state index contributed by atoms with van der Waals surface area (Å²) in [5.74, 6) is 0.858. The van der Waals surface area contributed by atoms with Crippen LogP contribution in [-0.2, 0) is 17.9 Å². The third-order valence-electron chi connectivity index (χ3n) is 4.31. The second-order valence-electron chi connectivity index (χ2n) is 6.15. The maximum atomic E-state index is 6.14. The molecule has 1 saturated heterocycles. The van der Waals surface area contributed by atoms with Gasteiger partial charge in [-0.15, -0.1) is 24.8 Å². The minimum atomic E-state index is 0. The number of morpholine rings is 1. The Hall–Kier alpha value is -1.01. The van der Waals surface area contributed by atoms with E-state index in [1.807, 2.05) is 36.4 Å². The van der Waals surface area contributed by atoms with E-state index in [4.69, 9.17) is 21.1 Å². The molecule has 2 aromatic rings. The Labute approximate surface area is 179 Å². The molecule has 0 radical (unpaired) electrons. The Bertz CT molecular complexity index is 650. The number of nitrogens with zero attached hydrogens (tertiary/aromatic N) is 1. The SMILES string of the molecule is Cl.Cl.Clc1ccccc1COc1ccc(CNCCN2CCOCC2)cc1. The molecule has 4 nitrogen and oxygen atoms in total. The van der Waals surface area contributed by atoms with E-state index in [9.17, 15) is 0 Å². The van der Waals surface area contributed by atoms with Gasteiger partial charge in [0.25, 0.3) is 0 Å². The average Bonchev–Trinajstić information content (AvgIpc) is 2.66. The fourth-order valence-corrected chi connectivity index (χ4v) is 2.97. The van der Waals surface area contributed by atoms with Crippen molar-refractivity contribution in [2.75, 3.05) is 39.4 Å². The molecule has 1 aliphatic rings. The molecule has 0 saturated carbocycles. The summed E-state index contributed by atoms with van der Waals surface area (Å²) in [6.45, 7) is 7.21. The summed E-state index contributed by atoms with van der Waals surface area (Å²) in [6.07, 6.45) is 0. The molecule has 7 heteroatoms. The Balaban J connectivity index is 0.00000182. The molecule has 27 heavy (non-hydrogen) atoms. The van der Waals surface area contributed by atoms with Gasteiger partial charge in [-0.1, -0.05) is 41.9 Å². The van der Waals surface area contributed by atoms with Crippen molar-refractivity contribution in [1.82, 2.24) is 10.2 Å². The Kier molecular flexibility index (Phi) is 11.8. The van der Waals surface area contributed by atoms with Gasteiger partial charge in [-0.25, -0.2) is 0 Å². The summed E-state index contributed by atoms with van der Waals surface area (Å²) in [5.41, 5.74) is 2.25. The summed E-state index contributed by atoms with van der Waals surface area (Å²) in [5, 5.41) is 4.23. The van der Waals surface area contributed by atoms with E-state index in [2.05, 4.69) is 22.3 Å². The zero-order chi connectivity index (χ0) is 17.3. The van der Waals surface area contributed by atoms with Crippen molar-refractivity contribution >= 4 is 36.4 Å². The van der Waals surface area contributed by atoms with E-state index < -0.39 is 0 Å². The van der Waals surface area contributed by atoms with Crippen LogP contribution in [-0.4, -0.2) is 44.3 Å². The average molecular weight is 434 g/mol. The topological polar surface area (TPSA) is 33.7 Å². The highest BCUT2D eigenvalue weighted by atomic mass is 35.5. The first kappa shape index (κ1) is 24.0. The van der Waals surface area contributed by atoms with Gasteiger partial charge in [0.05, 0.1) is 13.2 Å². The molecule has 1 aliphatic heterocycles. The number of ether oxygens (including phenoxy) is 2. The largest absolute Gasteiger partial charge is 0.489 e. The number of hydrogen-bond donors (Lipinski definition) is 1.